The topological polar surface area (TPSA) is 75.3 Å². The number of benzene rings is 3. The van der Waals surface area contributed by atoms with Crippen LogP contribution in [0.3, 0.4) is 0 Å². The lowest BCUT2D eigenvalue weighted by atomic mass is 10.2. The van der Waals surface area contributed by atoms with Crippen LogP contribution >= 0.6 is 15.9 Å². The van der Waals surface area contributed by atoms with Crippen molar-refractivity contribution >= 4 is 43.2 Å². The number of aryl methyl sites for hydroxylation is 1. The lowest BCUT2D eigenvalue weighted by Gasteiger charge is -2.13. The molecule has 0 radical (unpaired) electrons. The number of hydrogen-bond donors (Lipinski definition) is 2. The Balaban J connectivity index is 1.86. The molecule has 7 heteroatoms. The van der Waals surface area contributed by atoms with Crippen molar-refractivity contribution in [2.24, 2.45) is 0 Å². The van der Waals surface area contributed by atoms with Gasteiger partial charge in [-0.3, -0.25) is 9.52 Å². The summed E-state index contributed by atoms with van der Waals surface area (Å²) in [4.78, 5) is 12.4. The lowest BCUT2D eigenvalue weighted by molar-refractivity contribution is 0.102. The van der Waals surface area contributed by atoms with Gasteiger partial charge in [-0.2, -0.15) is 0 Å². The number of amides is 1. The number of carbonyl (C=O) groups excluding carboxylic acids is 1. The van der Waals surface area contributed by atoms with Crippen LogP contribution in [0.5, 0.6) is 0 Å². The molecule has 1 amide bonds. The largest absolute Gasteiger partial charge is 0.322 e. The molecule has 0 aliphatic rings. The molecule has 0 saturated heterocycles. The van der Waals surface area contributed by atoms with E-state index in [0.29, 0.717) is 22.5 Å². The third kappa shape index (κ3) is 4.75. The molecular formula is C20H17BrN2O3S. The van der Waals surface area contributed by atoms with E-state index in [-0.39, 0.29) is 10.8 Å². The molecule has 0 heterocycles. The average molecular weight is 445 g/mol. The number of nitrogens with one attached hydrogen (secondary N) is 2. The van der Waals surface area contributed by atoms with Gasteiger partial charge in [0.15, 0.2) is 0 Å². The van der Waals surface area contributed by atoms with Crippen molar-refractivity contribution in [2.45, 2.75) is 11.8 Å². The second-order valence-corrected chi connectivity index (χ2v) is 8.48. The van der Waals surface area contributed by atoms with Gasteiger partial charge in [0.1, 0.15) is 0 Å². The van der Waals surface area contributed by atoms with E-state index < -0.39 is 10.0 Å². The summed E-state index contributed by atoms with van der Waals surface area (Å²) in [6.07, 6.45) is 0. The smallest absolute Gasteiger partial charge is 0.262 e. The first kappa shape index (κ1) is 19.1. The highest BCUT2D eigenvalue weighted by molar-refractivity contribution is 9.10. The second-order valence-electron chi connectivity index (χ2n) is 5.91. The van der Waals surface area contributed by atoms with Gasteiger partial charge in [-0.05, 0) is 61.0 Å². The predicted molar refractivity (Wildman–Crippen MR) is 111 cm³/mol. The Labute approximate surface area is 166 Å². The van der Waals surface area contributed by atoms with Crippen molar-refractivity contribution in [3.8, 4) is 0 Å². The number of carbonyl (C=O) groups is 1. The first-order valence-corrected chi connectivity index (χ1v) is 10.4. The molecule has 3 rings (SSSR count). The molecule has 0 aromatic heterocycles. The summed E-state index contributed by atoms with van der Waals surface area (Å²) < 4.78 is 29.0. The molecule has 27 heavy (non-hydrogen) atoms. The highest BCUT2D eigenvalue weighted by atomic mass is 79.9. The third-order valence-electron chi connectivity index (χ3n) is 3.87. The Morgan fingerprint density at radius 1 is 0.889 bits per heavy atom. The molecule has 5 nitrogen and oxygen atoms in total. The minimum Gasteiger partial charge on any atom is -0.322 e. The van der Waals surface area contributed by atoms with E-state index in [9.17, 15) is 13.2 Å². The maximum Gasteiger partial charge on any atom is 0.262 e. The minimum atomic E-state index is -3.80. The minimum absolute atomic E-state index is 0.108. The van der Waals surface area contributed by atoms with Gasteiger partial charge in [0.05, 0.1) is 4.90 Å². The number of sulfonamides is 1. The zero-order valence-corrected chi connectivity index (χ0v) is 16.8. The first-order chi connectivity index (χ1) is 12.8. The van der Waals surface area contributed by atoms with Crippen molar-refractivity contribution in [3.05, 3.63) is 88.4 Å². The van der Waals surface area contributed by atoms with E-state index in [1.165, 1.54) is 6.07 Å². The van der Waals surface area contributed by atoms with E-state index in [1.807, 2.05) is 6.07 Å². The van der Waals surface area contributed by atoms with Crippen LogP contribution in [0.1, 0.15) is 15.9 Å². The van der Waals surface area contributed by atoms with Gasteiger partial charge in [0.2, 0.25) is 0 Å². The Morgan fingerprint density at radius 3 is 2.19 bits per heavy atom. The molecule has 0 aliphatic heterocycles. The number of anilines is 2. The van der Waals surface area contributed by atoms with Crippen LogP contribution in [0.15, 0.2) is 82.2 Å². The maximum absolute atomic E-state index is 12.8. The fraction of sp³-hybridized carbons (Fsp3) is 0.0500. The van der Waals surface area contributed by atoms with Gasteiger partial charge in [-0.15, -0.1) is 0 Å². The summed E-state index contributed by atoms with van der Waals surface area (Å²) in [6, 6.07) is 20.4. The van der Waals surface area contributed by atoms with Crippen molar-refractivity contribution in [3.63, 3.8) is 0 Å². The van der Waals surface area contributed by atoms with Crippen molar-refractivity contribution < 1.29 is 13.2 Å². The molecular weight excluding hydrogens is 428 g/mol. The monoisotopic (exact) mass is 444 g/mol. The summed E-state index contributed by atoms with van der Waals surface area (Å²) in [5.41, 5.74) is 1.94. The summed E-state index contributed by atoms with van der Waals surface area (Å²) in [7, 11) is -3.80. The van der Waals surface area contributed by atoms with Gasteiger partial charge >= 0.3 is 0 Å². The SMILES string of the molecule is Cc1ccc(NC(=O)c2ccccc2)cc1S(=O)(=O)Nc1ccc(Br)cc1. The standard InChI is InChI=1S/C20H17BrN2O3S/c1-14-7-10-18(22-20(24)15-5-3-2-4-6-15)13-19(14)27(25,26)23-17-11-8-16(21)9-12-17/h2-13,23H,1H3,(H,22,24). The molecule has 3 aromatic rings. The predicted octanol–water partition coefficient (Wildman–Crippen LogP) is 4.81. The molecule has 3 aromatic carbocycles. The fourth-order valence-corrected chi connectivity index (χ4v) is 4.08. The van der Waals surface area contributed by atoms with E-state index in [0.717, 1.165) is 4.47 Å². The normalized spacial score (nSPS) is 11.0. The third-order valence-corrected chi connectivity index (χ3v) is 5.92. The Bertz CT molecular complexity index is 1070. The molecule has 0 aliphatic carbocycles. The van der Waals surface area contributed by atoms with E-state index in [1.54, 1.807) is 67.6 Å². The van der Waals surface area contributed by atoms with Gasteiger partial charge in [-0.25, -0.2) is 8.42 Å². The van der Waals surface area contributed by atoms with Crippen LogP contribution in [-0.4, -0.2) is 14.3 Å². The van der Waals surface area contributed by atoms with Crippen molar-refractivity contribution in [1.29, 1.82) is 0 Å². The summed E-state index contributed by atoms with van der Waals surface area (Å²) >= 11 is 3.32. The Morgan fingerprint density at radius 2 is 1.52 bits per heavy atom. The van der Waals surface area contributed by atoms with Crippen LogP contribution in [0.4, 0.5) is 11.4 Å². The zero-order valence-electron chi connectivity index (χ0n) is 14.4. The van der Waals surface area contributed by atoms with Gasteiger partial charge < -0.3 is 5.32 Å². The lowest BCUT2D eigenvalue weighted by Crippen LogP contribution is -2.16. The van der Waals surface area contributed by atoms with Crippen LogP contribution in [0.25, 0.3) is 0 Å². The molecule has 0 fully saturated rings. The van der Waals surface area contributed by atoms with Crippen LogP contribution in [-0.2, 0) is 10.0 Å². The fourth-order valence-electron chi connectivity index (χ4n) is 2.49. The first-order valence-electron chi connectivity index (χ1n) is 8.10. The van der Waals surface area contributed by atoms with Gasteiger partial charge in [0, 0.05) is 21.4 Å². The van der Waals surface area contributed by atoms with Crippen LogP contribution in [0.2, 0.25) is 0 Å². The van der Waals surface area contributed by atoms with Crippen molar-refractivity contribution in [2.75, 3.05) is 10.0 Å². The van der Waals surface area contributed by atoms with E-state index in [4.69, 9.17) is 0 Å². The Kier molecular flexibility index (Phi) is 5.62. The highest BCUT2D eigenvalue weighted by Gasteiger charge is 2.18. The van der Waals surface area contributed by atoms with Gasteiger partial charge in [0.25, 0.3) is 15.9 Å². The molecule has 0 unspecified atom stereocenters. The maximum atomic E-state index is 12.8. The molecule has 0 atom stereocenters. The van der Waals surface area contributed by atoms with Crippen molar-refractivity contribution in [1.82, 2.24) is 0 Å². The molecule has 2 N–H and O–H groups in total. The molecule has 0 spiro atoms. The average Bonchev–Trinajstić information content (AvgIpc) is 2.65. The summed E-state index contributed by atoms with van der Waals surface area (Å²) in [5.74, 6) is -0.302. The summed E-state index contributed by atoms with van der Waals surface area (Å²) in [6.45, 7) is 1.71. The summed E-state index contributed by atoms with van der Waals surface area (Å²) in [5, 5.41) is 2.73. The van der Waals surface area contributed by atoms with Gasteiger partial charge in [-0.1, -0.05) is 40.2 Å². The molecule has 0 saturated carbocycles. The zero-order chi connectivity index (χ0) is 19.4. The second kappa shape index (κ2) is 7.94. The van der Waals surface area contributed by atoms with E-state index in [2.05, 4.69) is 26.0 Å². The number of rotatable bonds is 5. The van der Waals surface area contributed by atoms with Crippen LogP contribution in [0, 0.1) is 6.92 Å². The highest BCUT2D eigenvalue weighted by Crippen LogP contribution is 2.24. The molecule has 0 bridgehead atoms. The number of halogens is 1. The van der Waals surface area contributed by atoms with Crippen LogP contribution < -0.4 is 10.0 Å². The molecule has 138 valence electrons. The van der Waals surface area contributed by atoms with E-state index >= 15 is 0 Å². The quantitative estimate of drug-likeness (QED) is 0.592. The number of hydrogen-bond acceptors (Lipinski definition) is 3. The Hall–Kier alpha value is -2.64.